The maximum absolute atomic E-state index is 10.7. The lowest BCUT2D eigenvalue weighted by Crippen LogP contribution is -2.40. The van der Waals surface area contributed by atoms with Gasteiger partial charge in [-0.15, -0.1) is 6.58 Å². The number of H-pyrrole nitrogens is 1. The number of aldehydes is 1. The van der Waals surface area contributed by atoms with E-state index in [4.69, 9.17) is 0 Å². The van der Waals surface area contributed by atoms with E-state index >= 15 is 0 Å². The lowest BCUT2D eigenvalue weighted by atomic mass is 9.88. The molecule has 0 saturated carbocycles. The Morgan fingerprint density at radius 3 is 2.76 bits per heavy atom. The van der Waals surface area contributed by atoms with Crippen LogP contribution in [0.5, 0.6) is 0 Å². The van der Waals surface area contributed by atoms with Crippen LogP contribution in [0.2, 0.25) is 0 Å². The molecule has 0 aromatic carbocycles. The molecule has 0 fully saturated rings. The standard InChI is InChI=1S/C21H31N3O/c1-6-9-12-18(17(4)8-3)19-16-23-20(24-19)21(22-5,13-7-2)14-10-11-15-25/h6-7,9,12,15-16,22H,1-2,8,10-11,13-14H2,3-5H3,(H,23,24)/b12-9-,18-17-. The predicted octanol–water partition coefficient (Wildman–Crippen LogP) is 4.70. The van der Waals surface area contributed by atoms with Gasteiger partial charge in [-0.1, -0.05) is 43.4 Å². The van der Waals surface area contributed by atoms with E-state index < -0.39 is 0 Å². The summed E-state index contributed by atoms with van der Waals surface area (Å²) in [4.78, 5) is 18.8. The summed E-state index contributed by atoms with van der Waals surface area (Å²) in [5.74, 6) is 0.879. The SMILES string of the molecule is C=C/C=C\C(=C(/C)CC)c1cnc(C(CC=C)(CCCC=O)NC)[nH]1. The first-order chi connectivity index (χ1) is 12.1. The first-order valence-corrected chi connectivity index (χ1v) is 8.86. The Hall–Kier alpha value is -2.20. The van der Waals surface area contributed by atoms with E-state index in [2.05, 4.69) is 48.4 Å². The van der Waals surface area contributed by atoms with Crippen molar-refractivity contribution < 1.29 is 4.79 Å². The number of carbonyl (C=O) groups excluding carboxylic acids is 1. The first-order valence-electron chi connectivity index (χ1n) is 8.86. The second-order valence-corrected chi connectivity index (χ2v) is 6.17. The number of hydrogen-bond acceptors (Lipinski definition) is 3. The second-order valence-electron chi connectivity index (χ2n) is 6.17. The Labute approximate surface area is 151 Å². The fourth-order valence-corrected chi connectivity index (χ4v) is 2.91. The van der Waals surface area contributed by atoms with Crippen molar-refractivity contribution in [3.05, 3.63) is 60.8 Å². The van der Waals surface area contributed by atoms with Gasteiger partial charge in [-0.05, 0) is 45.2 Å². The van der Waals surface area contributed by atoms with E-state index in [0.717, 1.165) is 49.1 Å². The normalized spacial score (nSPS) is 14.8. The second kappa shape index (κ2) is 10.6. The smallest absolute Gasteiger partial charge is 0.127 e. The van der Waals surface area contributed by atoms with Crippen LogP contribution < -0.4 is 5.32 Å². The molecule has 0 aliphatic rings. The number of hydrogen-bond donors (Lipinski definition) is 2. The summed E-state index contributed by atoms with van der Waals surface area (Å²) in [7, 11) is 1.93. The number of allylic oxidation sites excluding steroid dienone is 5. The summed E-state index contributed by atoms with van der Waals surface area (Å²) in [5.41, 5.74) is 3.08. The molecule has 0 spiro atoms. The summed E-state index contributed by atoms with van der Waals surface area (Å²) < 4.78 is 0. The Balaban J connectivity index is 3.27. The molecule has 0 aliphatic carbocycles. The summed E-state index contributed by atoms with van der Waals surface area (Å²) in [6.45, 7) is 11.9. The van der Waals surface area contributed by atoms with Crippen LogP contribution >= 0.6 is 0 Å². The monoisotopic (exact) mass is 341 g/mol. The lowest BCUT2D eigenvalue weighted by Gasteiger charge is -2.30. The lowest BCUT2D eigenvalue weighted by molar-refractivity contribution is -0.108. The molecule has 0 aliphatic heterocycles. The molecule has 4 heteroatoms. The third kappa shape index (κ3) is 5.40. The minimum Gasteiger partial charge on any atom is -0.340 e. The van der Waals surface area contributed by atoms with Crippen molar-refractivity contribution in [2.24, 2.45) is 0 Å². The van der Waals surface area contributed by atoms with Gasteiger partial charge in [0.25, 0.3) is 0 Å². The van der Waals surface area contributed by atoms with E-state index in [1.165, 1.54) is 5.57 Å². The van der Waals surface area contributed by atoms with Crippen molar-refractivity contribution in [3.8, 4) is 0 Å². The average Bonchev–Trinajstić information content (AvgIpc) is 3.11. The summed E-state index contributed by atoms with van der Waals surface area (Å²) in [5, 5.41) is 3.40. The summed E-state index contributed by atoms with van der Waals surface area (Å²) >= 11 is 0. The molecule has 0 radical (unpaired) electrons. The van der Waals surface area contributed by atoms with Gasteiger partial charge in [-0.25, -0.2) is 4.98 Å². The molecule has 1 aromatic rings. The van der Waals surface area contributed by atoms with Crippen LogP contribution in [0.1, 0.15) is 57.5 Å². The van der Waals surface area contributed by atoms with Crippen LogP contribution in [0.4, 0.5) is 0 Å². The van der Waals surface area contributed by atoms with E-state index in [1.807, 2.05) is 25.4 Å². The minimum atomic E-state index is -0.337. The number of nitrogens with zero attached hydrogens (tertiary/aromatic N) is 1. The largest absolute Gasteiger partial charge is 0.340 e. The Morgan fingerprint density at radius 1 is 1.44 bits per heavy atom. The Bertz CT molecular complexity index is 639. The van der Waals surface area contributed by atoms with E-state index in [0.29, 0.717) is 6.42 Å². The van der Waals surface area contributed by atoms with Gasteiger partial charge in [0.05, 0.1) is 17.4 Å². The fourth-order valence-electron chi connectivity index (χ4n) is 2.91. The maximum atomic E-state index is 10.7. The molecular formula is C21H31N3O. The molecule has 136 valence electrons. The van der Waals surface area contributed by atoms with Gasteiger partial charge in [0.2, 0.25) is 0 Å². The Kier molecular flexibility index (Phi) is 8.86. The number of carbonyl (C=O) groups is 1. The van der Waals surface area contributed by atoms with Gasteiger partial charge in [0.15, 0.2) is 0 Å². The number of nitrogens with one attached hydrogen (secondary N) is 2. The zero-order chi connectivity index (χ0) is 18.7. The molecule has 2 N–H and O–H groups in total. The van der Waals surface area contributed by atoms with Crippen LogP contribution in [-0.2, 0) is 10.3 Å². The van der Waals surface area contributed by atoms with Crippen LogP contribution in [0.15, 0.2) is 49.2 Å². The van der Waals surface area contributed by atoms with E-state index in [9.17, 15) is 4.79 Å². The highest BCUT2D eigenvalue weighted by Gasteiger charge is 2.32. The molecular weight excluding hydrogens is 310 g/mol. The summed E-state index contributed by atoms with van der Waals surface area (Å²) in [6, 6.07) is 0. The number of aromatic nitrogens is 2. The molecule has 1 heterocycles. The zero-order valence-electron chi connectivity index (χ0n) is 15.8. The van der Waals surface area contributed by atoms with E-state index in [1.54, 1.807) is 6.08 Å². The fraction of sp³-hybridized carbons (Fsp3) is 0.429. The maximum Gasteiger partial charge on any atom is 0.127 e. The van der Waals surface area contributed by atoms with Gasteiger partial charge in [0, 0.05) is 6.42 Å². The molecule has 0 amide bonds. The highest BCUT2D eigenvalue weighted by molar-refractivity contribution is 5.74. The molecule has 1 atom stereocenters. The molecule has 25 heavy (non-hydrogen) atoms. The van der Waals surface area contributed by atoms with Crippen molar-refractivity contribution >= 4 is 11.9 Å². The Morgan fingerprint density at radius 2 is 2.20 bits per heavy atom. The van der Waals surface area contributed by atoms with Crippen molar-refractivity contribution in [2.45, 2.75) is 51.5 Å². The summed E-state index contributed by atoms with van der Waals surface area (Å²) in [6.07, 6.45) is 14.4. The third-order valence-corrected chi connectivity index (χ3v) is 4.61. The van der Waals surface area contributed by atoms with E-state index in [-0.39, 0.29) is 5.54 Å². The van der Waals surface area contributed by atoms with Crippen molar-refractivity contribution in [1.82, 2.24) is 15.3 Å². The topological polar surface area (TPSA) is 57.8 Å². The number of unbranched alkanes of at least 4 members (excludes halogenated alkanes) is 1. The van der Waals surface area contributed by atoms with Gasteiger partial charge in [0.1, 0.15) is 12.1 Å². The third-order valence-electron chi connectivity index (χ3n) is 4.61. The van der Waals surface area contributed by atoms with Crippen molar-refractivity contribution in [2.75, 3.05) is 7.05 Å². The van der Waals surface area contributed by atoms with Gasteiger partial charge >= 0.3 is 0 Å². The molecule has 1 aromatic heterocycles. The molecule has 0 saturated heterocycles. The van der Waals surface area contributed by atoms with Crippen molar-refractivity contribution in [1.29, 1.82) is 0 Å². The quantitative estimate of drug-likeness (QED) is 0.251. The molecule has 0 bridgehead atoms. The number of imidazole rings is 1. The zero-order valence-corrected chi connectivity index (χ0v) is 15.8. The predicted molar refractivity (Wildman–Crippen MR) is 106 cm³/mol. The number of aromatic amines is 1. The first kappa shape index (κ1) is 20.8. The molecule has 4 nitrogen and oxygen atoms in total. The van der Waals surface area contributed by atoms with Crippen LogP contribution in [0, 0.1) is 0 Å². The van der Waals surface area contributed by atoms with Gasteiger partial charge in [-0.3, -0.25) is 0 Å². The van der Waals surface area contributed by atoms with Crippen LogP contribution in [0.3, 0.4) is 0 Å². The van der Waals surface area contributed by atoms with Crippen LogP contribution in [0.25, 0.3) is 5.57 Å². The molecule has 1 rings (SSSR count). The van der Waals surface area contributed by atoms with Gasteiger partial charge in [-0.2, -0.15) is 0 Å². The molecule has 1 unspecified atom stereocenters. The van der Waals surface area contributed by atoms with Crippen LogP contribution in [-0.4, -0.2) is 23.3 Å². The minimum absolute atomic E-state index is 0.337. The average molecular weight is 341 g/mol. The highest BCUT2D eigenvalue weighted by atomic mass is 16.1. The van der Waals surface area contributed by atoms with Gasteiger partial charge < -0.3 is 15.1 Å². The number of rotatable bonds is 12. The highest BCUT2D eigenvalue weighted by Crippen LogP contribution is 2.31. The van der Waals surface area contributed by atoms with Crippen molar-refractivity contribution in [3.63, 3.8) is 0 Å².